The minimum Gasteiger partial charge on any atom is -0.356 e. The van der Waals surface area contributed by atoms with Gasteiger partial charge < -0.3 is 20.4 Å². The zero-order chi connectivity index (χ0) is 20.1. The second kappa shape index (κ2) is 10.4. The van der Waals surface area contributed by atoms with Gasteiger partial charge in [-0.3, -0.25) is 4.99 Å². The van der Waals surface area contributed by atoms with E-state index < -0.39 is 0 Å². The molecule has 2 aromatic rings. The molecule has 1 saturated heterocycles. The Balaban J connectivity index is 0.00000256. The lowest BCUT2D eigenvalue weighted by Gasteiger charge is -2.33. The summed E-state index contributed by atoms with van der Waals surface area (Å²) in [6, 6.07) is 15.1. The lowest BCUT2D eigenvalue weighted by atomic mass is 9.96. The van der Waals surface area contributed by atoms with E-state index in [0.29, 0.717) is 0 Å². The molecule has 162 valence electrons. The summed E-state index contributed by atoms with van der Waals surface area (Å²) in [4.78, 5) is 13.7. The first-order valence-corrected chi connectivity index (χ1v) is 10.6. The largest absolute Gasteiger partial charge is 0.356 e. The monoisotopic (exact) mass is 520 g/mol. The van der Waals surface area contributed by atoms with Crippen molar-refractivity contribution in [2.45, 2.75) is 24.8 Å². The summed E-state index contributed by atoms with van der Waals surface area (Å²) in [7, 11) is 4.01. The molecule has 0 atom stereocenters. The van der Waals surface area contributed by atoms with Crippen molar-refractivity contribution in [2.24, 2.45) is 4.99 Å². The van der Waals surface area contributed by atoms with Crippen LogP contribution in [0.1, 0.15) is 24.0 Å². The van der Waals surface area contributed by atoms with Crippen LogP contribution >= 0.6 is 24.0 Å². The number of aromatic nitrogens is 1. The van der Waals surface area contributed by atoms with Gasteiger partial charge in [0.25, 0.3) is 0 Å². The van der Waals surface area contributed by atoms with E-state index in [1.165, 1.54) is 24.0 Å². The fourth-order valence-electron chi connectivity index (χ4n) is 3.95. The molecule has 0 amide bonds. The number of aliphatic imine (C=N–C) groups is 1. The molecule has 0 radical (unpaired) electrons. The Bertz CT molecular complexity index is 829. The zero-order valence-corrected chi connectivity index (χ0v) is 20.3. The number of nitrogens with one attached hydrogen (secondary N) is 2. The Morgan fingerprint density at radius 3 is 2.47 bits per heavy atom. The minimum absolute atomic E-state index is 0. The molecule has 30 heavy (non-hydrogen) atoms. The molecule has 0 unspecified atom stereocenters. The first-order valence-electron chi connectivity index (χ1n) is 10.6. The third-order valence-electron chi connectivity index (χ3n) is 6.15. The zero-order valence-electron chi connectivity index (χ0n) is 18.0. The predicted octanol–water partition coefficient (Wildman–Crippen LogP) is 2.85. The van der Waals surface area contributed by atoms with Crippen molar-refractivity contribution in [1.82, 2.24) is 20.5 Å². The van der Waals surface area contributed by atoms with Crippen LogP contribution in [0.3, 0.4) is 0 Å². The Hall–Kier alpha value is -1.87. The fourth-order valence-corrected chi connectivity index (χ4v) is 3.95. The summed E-state index contributed by atoms with van der Waals surface area (Å²) in [5.41, 5.74) is 2.92. The Morgan fingerprint density at radius 2 is 1.80 bits per heavy atom. The summed E-state index contributed by atoms with van der Waals surface area (Å²) in [5.74, 6) is 1.92. The van der Waals surface area contributed by atoms with E-state index in [0.717, 1.165) is 51.0 Å². The maximum absolute atomic E-state index is 4.58. The van der Waals surface area contributed by atoms with Gasteiger partial charge in [0.05, 0.1) is 0 Å². The lowest BCUT2D eigenvalue weighted by Crippen LogP contribution is -2.44. The maximum atomic E-state index is 4.58. The van der Waals surface area contributed by atoms with Gasteiger partial charge in [-0.1, -0.05) is 30.3 Å². The van der Waals surface area contributed by atoms with Crippen molar-refractivity contribution in [3.8, 4) is 0 Å². The average Bonchev–Trinajstić information content (AvgIpc) is 3.56. The number of likely N-dealkylation sites (N-methyl/N-ethyl adjacent to an activating group) is 1. The van der Waals surface area contributed by atoms with Gasteiger partial charge in [0.2, 0.25) is 0 Å². The number of hydrogen-bond acceptors (Lipinski definition) is 4. The number of rotatable bonds is 6. The van der Waals surface area contributed by atoms with Crippen LogP contribution in [0.25, 0.3) is 0 Å². The standard InChI is InChI=1S/C23H32N6.HI/c1-24-22(27-18-23(9-10-23)20-6-4-3-5-7-20)26-17-19-8-11-25-21(16-19)29-14-12-28(2)13-15-29;/h3-8,11,16H,9-10,12-15,17-18H2,1-2H3,(H2,24,26,27);1H. The Morgan fingerprint density at radius 1 is 1.07 bits per heavy atom. The van der Waals surface area contributed by atoms with Crippen molar-refractivity contribution in [2.75, 3.05) is 51.7 Å². The van der Waals surface area contributed by atoms with E-state index in [1.54, 1.807) is 0 Å². The minimum atomic E-state index is 0. The summed E-state index contributed by atoms with van der Waals surface area (Å²) >= 11 is 0. The van der Waals surface area contributed by atoms with Gasteiger partial charge in [-0.25, -0.2) is 4.98 Å². The predicted molar refractivity (Wildman–Crippen MR) is 135 cm³/mol. The number of anilines is 1. The highest BCUT2D eigenvalue weighted by Crippen LogP contribution is 2.47. The van der Waals surface area contributed by atoms with Gasteiger partial charge in [0, 0.05) is 57.9 Å². The van der Waals surface area contributed by atoms with Crippen molar-refractivity contribution in [3.63, 3.8) is 0 Å². The number of pyridine rings is 1. The van der Waals surface area contributed by atoms with Gasteiger partial charge >= 0.3 is 0 Å². The van der Waals surface area contributed by atoms with E-state index >= 15 is 0 Å². The van der Waals surface area contributed by atoms with Gasteiger partial charge in [0.1, 0.15) is 5.82 Å². The molecule has 2 N–H and O–H groups in total. The van der Waals surface area contributed by atoms with Crippen LogP contribution < -0.4 is 15.5 Å². The van der Waals surface area contributed by atoms with E-state index in [4.69, 9.17) is 0 Å². The highest BCUT2D eigenvalue weighted by atomic mass is 127. The fraction of sp³-hybridized carbons (Fsp3) is 0.478. The molecule has 1 aromatic carbocycles. The third kappa shape index (κ3) is 5.63. The first-order chi connectivity index (χ1) is 14.2. The summed E-state index contributed by atoms with van der Waals surface area (Å²) in [6.07, 6.45) is 4.38. The average molecular weight is 520 g/mol. The van der Waals surface area contributed by atoms with Crippen molar-refractivity contribution in [3.05, 3.63) is 59.8 Å². The van der Waals surface area contributed by atoms with Crippen molar-refractivity contribution >= 4 is 35.8 Å². The summed E-state index contributed by atoms with van der Waals surface area (Å²) < 4.78 is 0. The number of hydrogen-bond donors (Lipinski definition) is 2. The third-order valence-corrected chi connectivity index (χ3v) is 6.15. The molecule has 0 spiro atoms. The van der Waals surface area contributed by atoms with Crippen molar-refractivity contribution < 1.29 is 0 Å². The number of nitrogens with zero attached hydrogens (tertiary/aromatic N) is 4. The molecule has 0 bridgehead atoms. The van der Waals surface area contributed by atoms with Crippen LogP contribution in [0, 0.1) is 0 Å². The molecule has 2 aliphatic rings. The SMILES string of the molecule is CN=C(NCc1ccnc(N2CCN(C)CC2)c1)NCC1(c2ccccc2)CC1.I. The molecular weight excluding hydrogens is 487 g/mol. The number of halogens is 1. The molecule has 4 rings (SSSR count). The molecule has 7 heteroatoms. The van der Waals surface area contributed by atoms with Gasteiger partial charge in [0.15, 0.2) is 5.96 Å². The first kappa shape index (κ1) is 22.8. The quantitative estimate of drug-likeness (QED) is 0.349. The molecule has 1 saturated carbocycles. The number of benzene rings is 1. The number of piperazine rings is 1. The molecular formula is C23H33IN6. The second-order valence-corrected chi connectivity index (χ2v) is 8.24. The Kier molecular flexibility index (Phi) is 7.93. The topological polar surface area (TPSA) is 55.8 Å². The van der Waals surface area contributed by atoms with Crippen LogP contribution in [0.15, 0.2) is 53.7 Å². The number of guanidine groups is 1. The smallest absolute Gasteiger partial charge is 0.191 e. The molecule has 1 aromatic heterocycles. The maximum Gasteiger partial charge on any atom is 0.191 e. The van der Waals surface area contributed by atoms with Gasteiger partial charge in [-0.05, 0) is 43.1 Å². The van der Waals surface area contributed by atoms with E-state index in [1.807, 2.05) is 13.2 Å². The van der Waals surface area contributed by atoms with Gasteiger partial charge in [-0.2, -0.15) is 0 Å². The molecule has 1 aliphatic heterocycles. The van der Waals surface area contributed by atoms with E-state index in [-0.39, 0.29) is 29.4 Å². The van der Waals surface area contributed by atoms with Crippen LogP contribution in [-0.4, -0.2) is 62.7 Å². The van der Waals surface area contributed by atoms with Crippen LogP contribution in [0.4, 0.5) is 5.82 Å². The van der Waals surface area contributed by atoms with Crippen molar-refractivity contribution in [1.29, 1.82) is 0 Å². The normalized spacial score (nSPS) is 18.5. The van der Waals surface area contributed by atoms with Crippen LogP contribution in [-0.2, 0) is 12.0 Å². The molecule has 1 aliphatic carbocycles. The molecule has 2 heterocycles. The van der Waals surface area contributed by atoms with E-state index in [2.05, 4.69) is 79.9 Å². The Labute approximate surface area is 197 Å². The van der Waals surface area contributed by atoms with Gasteiger partial charge in [-0.15, -0.1) is 24.0 Å². The molecule has 2 fully saturated rings. The second-order valence-electron chi connectivity index (χ2n) is 8.24. The van der Waals surface area contributed by atoms with E-state index in [9.17, 15) is 0 Å². The lowest BCUT2D eigenvalue weighted by molar-refractivity contribution is 0.312. The highest BCUT2D eigenvalue weighted by molar-refractivity contribution is 14.0. The van der Waals surface area contributed by atoms with Crippen LogP contribution in [0.2, 0.25) is 0 Å². The highest BCUT2D eigenvalue weighted by Gasteiger charge is 2.43. The van der Waals surface area contributed by atoms with Crippen LogP contribution in [0.5, 0.6) is 0 Å². The summed E-state index contributed by atoms with van der Waals surface area (Å²) in [6.45, 7) is 5.89. The molecule has 6 nitrogen and oxygen atoms in total. The summed E-state index contributed by atoms with van der Waals surface area (Å²) in [5, 5.41) is 6.99.